The summed E-state index contributed by atoms with van der Waals surface area (Å²) in [5.41, 5.74) is 4.62. The van der Waals surface area contributed by atoms with Crippen molar-refractivity contribution in [3.05, 3.63) is 111 Å². The molecule has 3 aromatic heterocycles. The zero-order valence-electron chi connectivity index (χ0n) is 18.4. The van der Waals surface area contributed by atoms with E-state index >= 15 is 0 Å². The molecule has 0 spiro atoms. The smallest absolute Gasteiger partial charge is 0.277 e. The first kappa shape index (κ1) is 21.8. The number of imidazole rings is 1. The summed E-state index contributed by atoms with van der Waals surface area (Å²) in [7, 11) is 0. The van der Waals surface area contributed by atoms with Gasteiger partial charge in [0.15, 0.2) is 5.65 Å². The van der Waals surface area contributed by atoms with Crippen molar-refractivity contribution in [3.63, 3.8) is 0 Å². The Kier molecular flexibility index (Phi) is 6.03. The number of H-pyrrole nitrogens is 2. The van der Waals surface area contributed by atoms with Crippen molar-refractivity contribution in [1.82, 2.24) is 24.7 Å². The van der Waals surface area contributed by atoms with Crippen LogP contribution in [0.1, 0.15) is 28.8 Å². The summed E-state index contributed by atoms with van der Waals surface area (Å²) in [6.07, 6.45) is 4.98. The molecule has 5 rings (SSSR count). The molecule has 2 aromatic carbocycles. The number of nitrogens with one attached hydrogen (secondary N) is 2. The number of benzene rings is 2. The summed E-state index contributed by atoms with van der Waals surface area (Å²) in [5, 5.41) is 3.23. The number of hydrogen-bond acceptors (Lipinski definition) is 3. The highest BCUT2D eigenvalue weighted by molar-refractivity contribution is 5.71. The van der Waals surface area contributed by atoms with Crippen LogP contribution < -0.4 is 5.56 Å². The fraction of sp³-hybridized carbons (Fsp3) is 0.192. The average molecular weight is 460 g/mol. The highest BCUT2D eigenvalue weighted by Crippen LogP contribution is 2.16. The largest absolute Gasteiger partial charge is 0.321 e. The molecular formula is C26H23F2N5O. The van der Waals surface area contributed by atoms with E-state index in [9.17, 15) is 13.6 Å². The van der Waals surface area contributed by atoms with E-state index < -0.39 is 0 Å². The van der Waals surface area contributed by atoms with Crippen LogP contribution in [-0.4, -0.2) is 24.7 Å². The molecule has 0 aliphatic rings. The Morgan fingerprint density at radius 1 is 0.824 bits per heavy atom. The number of aryl methyl sites for hydroxylation is 3. The van der Waals surface area contributed by atoms with E-state index in [0.717, 1.165) is 35.2 Å². The van der Waals surface area contributed by atoms with Crippen LogP contribution >= 0.6 is 0 Å². The molecule has 8 heteroatoms. The van der Waals surface area contributed by atoms with Crippen LogP contribution in [0.4, 0.5) is 8.78 Å². The summed E-state index contributed by atoms with van der Waals surface area (Å²) in [5.74, 6) is -0.159. The Hall–Kier alpha value is -4.07. The third kappa shape index (κ3) is 4.66. The fourth-order valence-corrected chi connectivity index (χ4v) is 4.11. The van der Waals surface area contributed by atoms with Crippen molar-refractivity contribution in [2.75, 3.05) is 0 Å². The lowest BCUT2D eigenvalue weighted by Crippen LogP contribution is -2.19. The van der Waals surface area contributed by atoms with Crippen LogP contribution in [0.25, 0.3) is 17.1 Å². The molecule has 0 amide bonds. The molecule has 0 saturated heterocycles. The number of fused-ring (bicyclic) bond motifs is 1. The van der Waals surface area contributed by atoms with Gasteiger partial charge in [0.05, 0.1) is 5.52 Å². The molecule has 0 aliphatic heterocycles. The van der Waals surface area contributed by atoms with Gasteiger partial charge in [-0.3, -0.25) is 9.89 Å². The van der Waals surface area contributed by atoms with Gasteiger partial charge in [0.25, 0.3) is 5.56 Å². The van der Waals surface area contributed by atoms with Crippen LogP contribution in [0.3, 0.4) is 0 Å². The zero-order chi connectivity index (χ0) is 23.5. The van der Waals surface area contributed by atoms with Crippen LogP contribution in [0.15, 0.2) is 71.7 Å². The number of pyridine rings is 1. The third-order valence-electron chi connectivity index (χ3n) is 5.91. The third-order valence-corrected chi connectivity index (χ3v) is 5.91. The van der Waals surface area contributed by atoms with E-state index in [-0.39, 0.29) is 17.2 Å². The van der Waals surface area contributed by atoms with Crippen molar-refractivity contribution in [1.29, 1.82) is 0 Å². The molecule has 3 heterocycles. The molecule has 5 aromatic rings. The lowest BCUT2D eigenvalue weighted by molar-refractivity contribution is 0.626. The summed E-state index contributed by atoms with van der Waals surface area (Å²) in [4.78, 5) is 25.2. The summed E-state index contributed by atoms with van der Waals surface area (Å²) < 4.78 is 27.9. The summed E-state index contributed by atoms with van der Waals surface area (Å²) >= 11 is 0. The van der Waals surface area contributed by atoms with E-state index in [1.807, 2.05) is 6.07 Å². The second kappa shape index (κ2) is 9.43. The molecule has 0 aliphatic carbocycles. The lowest BCUT2D eigenvalue weighted by atomic mass is 10.0. The van der Waals surface area contributed by atoms with Gasteiger partial charge in [-0.1, -0.05) is 24.3 Å². The SMILES string of the molecule is O=c1c(CCc2ccc(F)cc2)c(CCCc2ccc(F)cc2)[nH]n1-c1nc2ncccc2[nH]1. The normalized spacial score (nSPS) is 11.4. The second-order valence-corrected chi connectivity index (χ2v) is 8.25. The lowest BCUT2D eigenvalue weighted by Gasteiger charge is -2.04. The van der Waals surface area contributed by atoms with Crippen molar-refractivity contribution < 1.29 is 8.78 Å². The van der Waals surface area contributed by atoms with Gasteiger partial charge in [-0.15, -0.1) is 0 Å². The first-order valence-electron chi connectivity index (χ1n) is 11.2. The van der Waals surface area contributed by atoms with Crippen LogP contribution in [0.2, 0.25) is 0 Å². The second-order valence-electron chi connectivity index (χ2n) is 8.25. The number of aromatic amines is 2. The topological polar surface area (TPSA) is 79.4 Å². The van der Waals surface area contributed by atoms with Crippen LogP contribution in [0.5, 0.6) is 0 Å². The molecule has 0 bridgehead atoms. The maximum atomic E-state index is 13.4. The van der Waals surface area contributed by atoms with E-state index in [4.69, 9.17) is 0 Å². The van der Waals surface area contributed by atoms with Gasteiger partial charge in [-0.25, -0.2) is 13.8 Å². The van der Waals surface area contributed by atoms with Crippen molar-refractivity contribution in [2.45, 2.75) is 32.1 Å². The molecule has 172 valence electrons. The van der Waals surface area contributed by atoms with Gasteiger partial charge >= 0.3 is 0 Å². The average Bonchev–Trinajstić information content (AvgIpc) is 3.41. The van der Waals surface area contributed by atoms with Crippen molar-refractivity contribution in [2.24, 2.45) is 0 Å². The molecule has 0 unspecified atom stereocenters. The number of hydrogen-bond donors (Lipinski definition) is 2. The number of aromatic nitrogens is 5. The molecular weight excluding hydrogens is 436 g/mol. The van der Waals surface area contributed by atoms with Gasteiger partial charge in [0.2, 0.25) is 5.95 Å². The molecule has 6 nitrogen and oxygen atoms in total. The first-order valence-corrected chi connectivity index (χ1v) is 11.2. The molecule has 0 radical (unpaired) electrons. The first-order chi connectivity index (χ1) is 16.6. The minimum absolute atomic E-state index is 0.169. The van der Waals surface area contributed by atoms with Gasteiger partial charge in [-0.05, 0) is 79.6 Å². The highest BCUT2D eigenvalue weighted by atomic mass is 19.1. The molecule has 0 saturated carbocycles. The van der Waals surface area contributed by atoms with Gasteiger partial charge in [0, 0.05) is 17.5 Å². The Morgan fingerprint density at radius 3 is 2.18 bits per heavy atom. The molecule has 2 N–H and O–H groups in total. The monoisotopic (exact) mass is 459 g/mol. The molecule has 0 atom stereocenters. The molecule has 34 heavy (non-hydrogen) atoms. The summed E-state index contributed by atoms with van der Waals surface area (Å²) in [6.45, 7) is 0. The standard InChI is InChI=1S/C26H23F2N5O/c27-19-11-6-17(7-12-19)3-1-4-22-21(15-10-18-8-13-20(28)14-9-18)25(34)33(32-22)26-30-23-5-2-16-29-24(23)31-26/h2,5-9,11-14,16,32H,1,3-4,10,15H2,(H,29,30,31). The Morgan fingerprint density at radius 2 is 1.50 bits per heavy atom. The maximum absolute atomic E-state index is 13.4. The van der Waals surface area contributed by atoms with Crippen LogP contribution in [0, 0.1) is 11.6 Å². The summed E-state index contributed by atoms with van der Waals surface area (Å²) in [6, 6.07) is 16.4. The highest BCUT2D eigenvalue weighted by Gasteiger charge is 2.17. The predicted molar refractivity (Wildman–Crippen MR) is 126 cm³/mol. The quantitative estimate of drug-likeness (QED) is 0.354. The number of nitrogens with zero attached hydrogens (tertiary/aromatic N) is 3. The minimum Gasteiger partial charge on any atom is -0.321 e. The minimum atomic E-state index is -0.285. The Balaban J connectivity index is 1.42. The van der Waals surface area contributed by atoms with E-state index in [0.29, 0.717) is 36.4 Å². The fourth-order valence-electron chi connectivity index (χ4n) is 4.11. The van der Waals surface area contributed by atoms with Crippen LogP contribution in [-0.2, 0) is 25.7 Å². The van der Waals surface area contributed by atoms with Gasteiger partial charge < -0.3 is 4.98 Å². The predicted octanol–water partition coefficient (Wildman–Crippen LogP) is 4.68. The van der Waals surface area contributed by atoms with Crippen molar-refractivity contribution in [3.8, 4) is 5.95 Å². The number of rotatable bonds is 8. The maximum Gasteiger partial charge on any atom is 0.277 e. The Bertz CT molecular complexity index is 1430. The van der Waals surface area contributed by atoms with E-state index in [1.165, 1.54) is 28.9 Å². The van der Waals surface area contributed by atoms with Gasteiger partial charge in [0.1, 0.15) is 11.6 Å². The number of halogens is 2. The van der Waals surface area contributed by atoms with Gasteiger partial charge in [-0.2, -0.15) is 9.67 Å². The molecule has 0 fully saturated rings. The zero-order valence-corrected chi connectivity index (χ0v) is 18.4. The van der Waals surface area contributed by atoms with Crippen molar-refractivity contribution >= 4 is 11.2 Å². The van der Waals surface area contributed by atoms with E-state index in [1.54, 1.807) is 36.5 Å². The van der Waals surface area contributed by atoms with E-state index in [2.05, 4.69) is 20.1 Å². The Labute approximate surface area is 194 Å².